The molecular weight excluding hydrogens is 232 g/mol. The van der Waals surface area contributed by atoms with Crippen molar-refractivity contribution in [2.45, 2.75) is 57.0 Å². The van der Waals surface area contributed by atoms with Gasteiger partial charge in [0.15, 0.2) is 0 Å². The Kier molecular flexibility index (Phi) is 3.44. The fourth-order valence-corrected chi connectivity index (χ4v) is 3.25. The van der Waals surface area contributed by atoms with E-state index in [4.69, 9.17) is 10.7 Å². The minimum atomic E-state index is -0.0575. The Morgan fingerprint density at radius 2 is 1.84 bits per heavy atom. The summed E-state index contributed by atoms with van der Waals surface area (Å²) in [6.07, 6.45) is 7.53. The van der Waals surface area contributed by atoms with Crippen molar-refractivity contribution in [1.29, 1.82) is 0 Å². The molecule has 1 aromatic carbocycles. The molecule has 0 aliphatic heterocycles. The molecule has 0 aromatic heterocycles. The van der Waals surface area contributed by atoms with Gasteiger partial charge in [-0.25, -0.2) is 0 Å². The van der Waals surface area contributed by atoms with Crippen molar-refractivity contribution >= 4 is 5.71 Å². The predicted octanol–water partition coefficient (Wildman–Crippen LogP) is 3.87. The third-order valence-electron chi connectivity index (χ3n) is 4.66. The van der Waals surface area contributed by atoms with E-state index in [9.17, 15) is 0 Å². The molecule has 1 aromatic rings. The van der Waals surface area contributed by atoms with E-state index in [0.717, 1.165) is 12.8 Å². The van der Waals surface area contributed by atoms with Crippen LogP contribution in [0.3, 0.4) is 0 Å². The van der Waals surface area contributed by atoms with Crippen LogP contribution in [0.4, 0.5) is 0 Å². The van der Waals surface area contributed by atoms with Gasteiger partial charge < -0.3 is 5.73 Å². The minimum Gasteiger partial charge on any atom is -0.320 e. The van der Waals surface area contributed by atoms with Gasteiger partial charge in [0.2, 0.25) is 0 Å². The first-order valence-electron chi connectivity index (χ1n) is 7.61. The highest BCUT2D eigenvalue weighted by Gasteiger charge is 2.46. The van der Waals surface area contributed by atoms with E-state index >= 15 is 0 Å². The highest BCUT2D eigenvalue weighted by molar-refractivity contribution is 5.98. The second kappa shape index (κ2) is 5.09. The van der Waals surface area contributed by atoms with Gasteiger partial charge in [-0.15, -0.1) is 0 Å². The lowest BCUT2D eigenvalue weighted by atomic mass is 9.93. The molecule has 19 heavy (non-hydrogen) atoms. The monoisotopic (exact) mass is 256 g/mol. The van der Waals surface area contributed by atoms with E-state index in [1.54, 1.807) is 0 Å². The van der Waals surface area contributed by atoms with E-state index in [-0.39, 0.29) is 11.6 Å². The lowest BCUT2D eigenvalue weighted by Gasteiger charge is -2.22. The van der Waals surface area contributed by atoms with Crippen LogP contribution in [0.25, 0.3) is 0 Å². The fourth-order valence-electron chi connectivity index (χ4n) is 3.25. The molecular formula is C17H24N2. The summed E-state index contributed by atoms with van der Waals surface area (Å²) in [5.41, 5.74) is 9.02. The third kappa shape index (κ3) is 2.74. The Hall–Kier alpha value is -1.15. The average molecular weight is 256 g/mol. The SMILES string of the molecule is CC(/N=C(/C1CCCC1)C1(N)CC1)c1ccccc1. The Labute approximate surface area is 116 Å². The number of hydrogen-bond donors (Lipinski definition) is 1. The average Bonchev–Trinajstić information content (AvgIpc) is 2.97. The second-order valence-corrected chi connectivity index (χ2v) is 6.24. The summed E-state index contributed by atoms with van der Waals surface area (Å²) in [5.74, 6) is 0.652. The molecule has 2 saturated carbocycles. The Morgan fingerprint density at radius 3 is 2.42 bits per heavy atom. The molecule has 102 valence electrons. The van der Waals surface area contributed by atoms with Crippen LogP contribution in [0.1, 0.15) is 57.1 Å². The van der Waals surface area contributed by atoms with Crippen molar-refractivity contribution in [3.05, 3.63) is 35.9 Å². The van der Waals surface area contributed by atoms with E-state index < -0.39 is 0 Å². The van der Waals surface area contributed by atoms with Gasteiger partial charge >= 0.3 is 0 Å². The first-order chi connectivity index (χ1) is 9.19. The molecule has 0 bridgehead atoms. The van der Waals surface area contributed by atoms with Gasteiger partial charge in [-0.05, 0) is 44.1 Å². The van der Waals surface area contributed by atoms with Gasteiger partial charge in [-0.2, -0.15) is 0 Å². The molecule has 2 N–H and O–H groups in total. The van der Waals surface area contributed by atoms with Crippen LogP contribution in [-0.2, 0) is 0 Å². The van der Waals surface area contributed by atoms with Crippen LogP contribution in [0.15, 0.2) is 35.3 Å². The van der Waals surface area contributed by atoms with Crippen molar-refractivity contribution < 1.29 is 0 Å². The van der Waals surface area contributed by atoms with Crippen LogP contribution in [0.5, 0.6) is 0 Å². The largest absolute Gasteiger partial charge is 0.320 e. The maximum atomic E-state index is 6.47. The van der Waals surface area contributed by atoms with Crippen LogP contribution in [0, 0.1) is 5.92 Å². The summed E-state index contributed by atoms with van der Waals surface area (Å²) in [4.78, 5) is 5.05. The summed E-state index contributed by atoms with van der Waals surface area (Å²) in [5, 5.41) is 0. The van der Waals surface area contributed by atoms with Gasteiger partial charge in [0.1, 0.15) is 0 Å². The molecule has 2 aliphatic rings. The van der Waals surface area contributed by atoms with E-state index in [2.05, 4.69) is 37.3 Å². The molecule has 0 saturated heterocycles. The third-order valence-corrected chi connectivity index (χ3v) is 4.66. The number of hydrogen-bond acceptors (Lipinski definition) is 2. The summed E-state index contributed by atoms with van der Waals surface area (Å²) in [7, 11) is 0. The Morgan fingerprint density at radius 1 is 1.21 bits per heavy atom. The van der Waals surface area contributed by atoms with Gasteiger partial charge in [0, 0.05) is 5.71 Å². The molecule has 2 fully saturated rings. The van der Waals surface area contributed by atoms with Crippen LogP contribution in [0.2, 0.25) is 0 Å². The lowest BCUT2D eigenvalue weighted by Crippen LogP contribution is -2.37. The van der Waals surface area contributed by atoms with Crippen molar-refractivity contribution in [2.24, 2.45) is 16.6 Å². The molecule has 2 nitrogen and oxygen atoms in total. The van der Waals surface area contributed by atoms with E-state index in [1.165, 1.54) is 37.0 Å². The molecule has 1 atom stereocenters. The molecule has 0 spiro atoms. The van der Waals surface area contributed by atoms with Gasteiger partial charge in [-0.1, -0.05) is 43.2 Å². The number of nitrogens with two attached hydrogens (primary N) is 1. The number of benzene rings is 1. The topological polar surface area (TPSA) is 38.4 Å². The quantitative estimate of drug-likeness (QED) is 0.816. The zero-order chi connectivity index (χ0) is 13.3. The van der Waals surface area contributed by atoms with E-state index in [1.807, 2.05) is 0 Å². The lowest BCUT2D eigenvalue weighted by molar-refractivity contribution is 0.660. The van der Waals surface area contributed by atoms with Gasteiger partial charge in [0.05, 0.1) is 11.6 Å². The molecule has 2 aliphatic carbocycles. The van der Waals surface area contributed by atoms with Crippen molar-refractivity contribution in [3.8, 4) is 0 Å². The summed E-state index contributed by atoms with van der Waals surface area (Å²) >= 11 is 0. The van der Waals surface area contributed by atoms with Crippen molar-refractivity contribution in [2.75, 3.05) is 0 Å². The number of rotatable bonds is 4. The van der Waals surface area contributed by atoms with Crippen LogP contribution in [-0.4, -0.2) is 11.3 Å². The first kappa shape index (κ1) is 12.9. The standard InChI is InChI=1S/C17H24N2/c1-13(14-7-3-2-4-8-14)19-16(17(18)11-12-17)15-9-5-6-10-15/h2-4,7-8,13,15H,5-6,9-12,18H2,1H3/b19-16-. The zero-order valence-corrected chi connectivity index (χ0v) is 11.8. The molecule has 1 unspecified atom stereocenters. The molecule has 0 radical (unpaired) electrons. The van der Waals surface area contributed by atoms with Crippen molar-refractivity contribution in [1.82, 2.24) is 0 Å². The number of aliphatic imine (C=N–C) groups is 1. The van der Waals surface area contributed by atoms with Crippen LogP contribution >= 0.6 is 0 Å². The normalized spacial score (nSPS) is 24.4. The molecule has 3 rings (SSSR count). The summed E-state index contributed by atoms with van der Waals surface area (Å²) < 4.78 is 0. The van der Waals surface area contributed by atoms with Gasteiger partial charge in [-0.3, -0.25) is 4.99 Å². The predicted molar refractivity (Wildman–Crippen MR) is 80.4 cm³/mol. The summed E-state index contributed by atoms with van der Waals surface area (Å²) in [6.45, 7) is 2.19. The maximum absolute atomic E-state index is 6.47. The minimum absolute atomic E-state index is 0.0575. The Balaban J connectivity index is 1.84. The van der Waals surface area contributed by atoms with Gasteiger partial charge in [0.25, 0.3) is 0 Å². The highest BCUT2D eigenvalue weighted by Crippen LogP contribution is 2.41. The first-order valence-corrected chi connectivity index (χ1v) is 7.61. The Bertz CT molecular complexity index is 453. The maximum Gasteiger partial charge on any atom is 0.0721 e. The number of nitrogens with zero attached hydrogens (tertiary/aromatic N) is 1. The van der Waals surface area contributed by atoms with Crippen molar-refractivity contribution in [3.63, 3.8) is 0 Å². The molecule has 2 heteroatoms. The smallest absolute Gasteiger partial charge is 0.0721 e. The van der Waals surface area contributed by atoms with Crippen LogP contribution < -0.4 is 5.73 Å². The second-order valence-electron chi connectivity index (χ2n) is 6.24. The zero-order valence-electron chi connectivity index (χ0n) is 11.8. The fraction of sp³-hybridized carbons (Fsp3) is 0.588. The highest BCUT2D eigenvalue weighted by atomic mass is 14.9. The molecule has 0 amide bonds. The summed E-state index contributed by atoms with van der Waals surface area (Å²) in [6, 6.07) is 10.8. The molecule has 0 heterocycles. The van der Waals surface area contributed by atoms with E-state index in [0.29, 0.717) is 5.92 Å².